The highest BCUT2D eigenvalue weighted by Gasteiger charge is 2.31. The number of carboxylic acid groups (broad SMARTS) is 1. The van der Waals surface area contributed by atoms with Gasteiger partial charge in [-0.2, -0.15) is 5.10 Å². The van der Waals surface area contributed by atoms with Crippen molar-refractivity contribution in [2.24, 2.45) is 0 Å². The molecule has 0 radical (unpaired) electrons. The summed E-state index contributed by atoms with van der Waals surface area (Å²) in [5.41, 5.74) is 2.49. The van der Waals surface area contributed by atoms with Gasteiger partial charge in [0, 0.05) is 5.56 Å². The van der Waals surface area contributed by atoms with Gasteiger partial charge in [-0.3, -0.25) is 4.68 Å². The van der Waals surface area contributed by atoms with E-state index < -0.39 is 5.97 Å². The predicted molar refractivity (Wildman–Crippen MR) is 54.1 cm³/mol. The van der Waals surface area contributed by atoms with Crippen molar-refractivity contribution in [1.29, 1.82) is 0 Å². The lowest BCUT2D eigenvalue weighted by atomic mass is 9.93. The molecule has 1 fully saturated rings. The van der Waals surface area contributed by atoms with E-state index >= 15 is 0 Å². The van der Waals surface area contributed by atoms with Crippen molar-refractivity contribution in [3.8, 4) is 0 Å². The van der Waals surface area contributed by atoms with E-state index in [4.69, 9.17) is 0 Å². The summed E-state index contributed by atoms with van der Waals surface area (Å²) in [6.07, 6.45) is 6.28. The van der Waals surface area contributed by atoms with Crippen molar-refractivity contribution in [2.75, 3.05) is 0 Å². The van der Waals surface area contributed by atoms with Crippen LogP contribution in [-0.4, -0.2) is 20.9 Å². The molecule has 2 aliphatic carbocycles. The van der Waals surface area contributed by atoms with Gasteiger partial charge in [0.05, 0.1) is 11.7 Å². The van der Waals surface area contributed by atoms with E-state index in [1.54, 1.807) is 4.68 Å². The fourth-order valence-corrected chi connectivity index (χ4v) is 2.53. The van der Waals surface area contributed by atoms with Gasteiger partial charge < -0.3 is 5.11 Å². The Hall–Kier alpha value is -1.32. The summed E-state index contributed by atoms with van der Waals surface area (Å²) in [6, 6.07) is 0.349. The van der Waals surface area contributed by atoms with Gasteiger partial charge in [0.15, 0.2) is 0 Å². The Labute approximate surface area is 87.9 Å². The third kappa shape index (κ3) is 1.20. The van der Waals surface area contributed by atoms with Gasteiger partial charge >= 0.3 is 5.97 Å². The number of nitrogens with zero attached hydrogens (tertiary/aromatic N) is 2. The topological polar surface area (TPSA) is 55.1 Å². The van der Waals surface area contributed by atoms with Crippen LogP contribution in [0.5, 0.6) is 0 Å². The van der Waals surface area contributed by atoms with E-state index in [2.05, 4.69) is 5.10 Å². The molecule has 1 saturated carbocycles. The third-order valence-electron chi connectivity index (χ3n) is 3.56. The first-order valence-electron chi connectivity index (χ1n) is 5.61. The number of fused-ring (bicyclic) bond motifs is 1. The molecule has 1 N–H and O–H groups in total. The molecule has 4 heteroatoms. The van der Waals surface area contributed by atoms with Gasteiger partial charge in [0.2, 0.25) is 0 Å². The monoisotopic (exact) mass is 206 g/mol. The summed E-state index contributed by atoms with van der Waals surface area (Å²) < 4.78 is 1.77. The van der Waals surface area contributed by atoms with Crippen molar-refractivity contribution in [3.63, 3.8) is 0 Å². The van der Waals surface area contributed by atoms with Crippen molar-refractivity contribution in [1.82, 2.24) is 9.78 Å². The molecule has 1 aromatic heterocycles. The summed E-state index contributed by atoms with van der Waals surface area (Å²) in [7, 11) is 0. The van der Waals surface area contributed by atoms with Gasteiger partial charge in [-0.15, -0.1) is 0 Å². The van der Waals surface area contributed by atoms with E-state index in [9.17, 15) is 9.90 Å². The summed E-state index contributed by atoms with van der Waals surface area (Å²) >= 11 is 0. The summed E-state index contributed by atoms with van der Waals surface area (Å²) in [6.45, 7) is 0. The second kappa shape index (κ2) is 3.08. The Kier molecular flexibility index (Phi) is 1.84. The van der Waals surface area contributed by atoms with Crippen LogP contribution in [0.4, 0.5) is 0 Å². The van der Waals surface area contributed by atoms with E-state index in [1.165, 1.54) is 6.42 Å². The lowest BCUT2D eigenvalue weighted by Crippen LogP contribution is -2.23. The molecular weight excluding hydrogens is 192 g/mol. The van der Waals surface area contributed by atoms with E-state index in [0.717, 1.165) is 43.4 Å². The minimum Gasteiger partial charge on any atom is -0.477 e. The number of aromatic nitrogens is 2. The van der Waals surface area contributed by atoms with E-state index in [1.807, 2.05) is 0 Å². The number of carboxylic acids is 1. The van der Waals surface area contributed by atoms with Crippen molar-refractivity contribution >= 4 is 5.97 Å². The largest absolute Gasteiger partial charge is 0.477 e. The number of hydrogen-bond acceptors (Lipinski definition) is 2. The van der Waals surface area contributed by atoms with Crippen molar-refractivity contribution in [2.45, 2.75) is 44.6 Å². The first kappa shape index (κ1) is 8.95. The zero-order valence-corrected chi connectivity index (χ0v) is 8.57. The molecule has 2 aliphatic rings. The quantitative estimate of drug-likeness (QED) is 0.802. The maximum absolute atomic E-state index is 11.2. The molecule has 0 atom stereocenters. The number of hydrogen-bond donors (Lipinski definition) is 1. The highest BCUT2D eigenvalue weighted by Crippen LogP contribution is 2.35. The molecule has 0 bridgehead atoms. The smallest absolute Gasteiger partial charge is 0.354 e. The Morgan fingerprint density at radius 3 is 2.73 bits per heavy atom. The average molecular weight is 206 g/mol. The van der Waals surface area contributed by atoms with Gasteiger partial charge in [0.1, 0.15) is 5.69 Å². The highest BCUT2D eigenvalue weighted by molar-refractivity contribution is 5.88. The molecule has 0 aromatic carbocycles. The number of carbonyl (C=O) groups is 1. The molecule has 1 heterocycles. The van der Waals surface area contributed by atoms with Crippen LogP contribution in [0.1, 0.15) is 53.5 Å². The Balaban J connectivity index is 2.09. The zero-order chi connectivity index (χ0) is 10.4. The van der Waals surface area contributed by atoms with Gasteiger partial charge in [-0.25, -0.2) is 4.79 Å². The minimum atomic E-state index is -0.808. The second-order valence-corrected chi connectivity index (χ2v) is 4.46. The third-order valence-corrected chi connectivity index (χ3v) is 3.56. The lowest BCUT2D eigenvalue weighted by molar-refractivity contribution is 0.0674. The number of rotatable bonds is 2. The molecule has 4 nitrogen and oxygen atoms in total. The van der Waals surface area contributed by atoms with Crippen LogP contribution in [0.3, 0.4) is 0 Å². The van der Waals surface area contributed by atoms with E-state index in [-0.39, 0.29) is 0 Å². The zero-order valence-electron chi connectivity index (χ0n) is 8.57. The number of aromatic carboxylic acids is 1. The van der Waals surface area contributed by atoms with Crippen LogP contribution < -0.4 is 0 Å². The number of aryl methyl sites for hydroxylation is 1. The molecule has 0 aliphatic heterocycles. The SMILES string of the molecule is O=C(O)c1c2c(nn1C1CCC1)CCC2. The Bertz CT molecular complexity index is 418. The molecule has 0 amide bonds. The van der Waals surface area contributed by atoms with Crippen LogP contribution in [0.2, 0.25) is 0 Å². The first-order chi connectivity index (χ1) is 7.27. The van der Waals surface area contributed by atoms with Crippen molar-refractivity contribution < 1.29 is 9.90 Å². The molecule has 0 unspecified atom stereocenters. The fraction of sp³-hybridized carbons (Fsp3) is 0.636. The maximum Gasteiger partial charge on any atom is 0.354 e. The van der Waals surface area contributed by atoms with Crippen LogP contribution in [0, 0.1) is 0 Å². The molecule has 1 aromatic rings. The lowest BCUT2D eigenvalue weighted by Gasteiger charge is -2.26. The predicted octanol–water partition coefficient (Wildman–Crippen LogP) is 1.79. The average Bonchev–Trinajstić information content (AvgIpc) is 2.58. The van der Waals surface area contributed by atoms with Crippen LogP contribution >= 0.6 is 0 Å². The van der Waals surface area contributed by atoms with Gasteiger partial charge in [-0.05, 0) is 38.5 Å². The van der Waals surface area contributed by atoms with Gasteiger partial charge in [-0.1, -0.05) is 0 Å². The molecule has 80 valence electrons. The fourth-order valence-electron chi connectivity index (χ4n) is 2.53. The summed E-state index contributed by atoms with van der Waals surface area (Å²) in [4.78, 5) is 11.2. The maximum atomic E-state index is 11.2. The highest BCUT2D eigenvalue weighted by atomic mass is 16.4. The summed E-state index contributed by atoms with van der Waals surface area (Å²) in [5.74, 6) is -0.808. The Morgan fingerprint density at radius 1 is 1.33 bits per heavy atom. The summed E-state index contributed by atoms with van der Waals surface area (Å²) in [5, 5.41) is 13.7. The molecule has 15 heavy (non-hydrogen) atoms. The van der Waals surface area contributed by atoms with Crippen LogP contribution in [-0.2, 0) is 12.8 Å². The van der Waals surface area contributed by atoms with Crippen LogP contribution in [0.25, 0.3) is 0 Å². The molecule has 0 spiro atoms. The molecule has 3 rings (SSSR count). The molecular formula is C11H14N2O2. The van der Waals surface area contributed by atoms with Crippen molar-refractivity contribution in [3.05, 3.63) is 17.0 Å². The molecule has 0 saturated heterocycles. The first-order valence-corrected chi connectivity index (χ1v) is 5.61. The van der Waals surface area contributed by atoms with Crippen LogP contribution in [0.15, 0.2) is 0 Å². The normalized spacial score (nSPS) is 20.0. The Morgan fingerprint density at radius 2 is 2.13 bits per heavy atom. The minimum absolute atomic E-state index is 0.349. The standard InChI is InChI=1S/C11H14N2O2/c14-11(15)10-8-5-2-6-9(8)12-13(10)7-3-1-4-7/h7H,1-6H2,(H,14,15). The second-order valence-electron chi connectivity index (χ2n) is 4.46. The van der Waals surface area contributed by atoms with Gasteiger partial charge in [0.25, 0.3) is 0 Å². The van der Waals surface area contributed by atoms with E-state index in [0.29, 0.717) is 11.7 Å².